The van der Waals surface area contributed by atoms with Crippen LogP contribution in [-0.4, -0.2) is 36.1 Å². The molecule has 3 aromatic heterocycles. The van der Waals surface area contributed by atoms with Gasteiger partial charge in [-0.2, -0.15) is 0 Å². The van der Waals surface area contributed by atoms with Crippen LogP contribution in [0, 0.1) is 5.92 Å². The van der Waals surface area contributed by atoms with Crippen LogP contribution in [0.5, 0.6) is 0 Å². The number of rotatable bonds is 8. The molecule has 1 saturated carbocycles. The van der Waals surface area contributed by atoms with E-state index in [1.165, 1.54) is 0 Å². The van der Waals surface area contributed by atoms with E-state index in [-0.39, 0.29) is 4.90 Å². The predicted molar refractivity (Wildman–Crippen MR) is 149 cm³/mol. The van der Waals surface area contributed by atoms with Crippen molar-refractivity contribution in [3.8, 4) is 22.7 Å². The van der Waals surface area contributed by atoms with Crippen molar-refractivity contribution in [3.05, 3.63) is 78.3 Å². The van der Waals surface area contributed by atoms with Gasteiger partial charge in [0.25, 0.3) is 0 Å². The van der Waals surface area contributed by atoms with Crippen LogP contribution in [0.4, 0.5) is 5.13 Å². The zero-order chi connectivity index (χ0) is 26.0. The molecule has 2 aromatic carbocycles. The van der Waals surface area contributed by atoms with Crippen molar-refractivity contribution < 1.29 is 12.9 Å². The summed E-state index contributed by atoms with van der Waals surface area (Å²) < 4.78 is 34.4. The second-order valence-corrected chi connectivity index (χ2v) is 12.1. The van der Waals surface area contributed by atoms with Crippen LogP contribution in [0.3, 0.4) is 0 Å². The monoisotopic (exact) mass is 545 g/mol. The Bertz CT molecular complexity index is 1640. The molecule has 1 fully saturated rings. The number of thiazole rings is 1. The molecular formula is C28H27N5O3S2. The Morgan fingerprint density at radius 2 is 1.76 bits per heavy atom. The maximum Gasteiger partial charge on any atom is 0.242 e. The van der Waals surface area contributed by atoms with Crippen LogP contribution in [0.2, 0.25) is 0 Å². The lowest BCUT2D eigenvalue weighted by molar-refractivity contribution is 0.337. The average molecular weight is 546 g/mol. The van der Waals surface area contributed by atoms with Gasteiger partial charge < -0.3 is 9.84 Å². The van der Waals surface area contributed by atoms with E-state index < -0.39 is 10.0 Å². The summed E-state index contributed by atoms with van der Waals surface area (Å²) >= 11 is 1.55. The van der Waals surface area contributed by atoms with E-state index in [0.717, 1.165) is 53.2 Å². The van der Waals surface area contributed by atoms with Gasteiger partial charge in [0.05, 0.1) is 5.52 Å². The minimum atomic E-state index is -3.64. The van der Waals surface area contributed by atoms with Crippen LogP contribution in [0.1, 0.15) is 25.7 Å². The first kappa shape index (κ1) is 24.7. The second-order valence-electron chi connectivity index (χ2n) is 9.53. The number of anilines is 1. The summed E-state index contributed by atoms with van der Waals surface area (Å²) in [7, 11) is -3.64. The normalized spacial score (nSPS) is 18.0. The lowest BCUT2D eigenvalue weighted by Crippen LogP contribution is -2.34. The molecule has 0 atom stereocenters. The molecule has 0 bridgehead atoms. The van der Waals surface area contributed by atoms with Gasteiger partial charge in [-0.3, -0.25) is 4.98 Å². The number of para-hydroxylation sites is 1. The first-order valence-electron chi connectivity index (χ1n) is 12.6. The van der Waals surface area contributed by atoms with E-state index >= 15 is 0 Å². The van der Waals surface area contributed by atoms with E-state index in [1.54, 1.807) is 35.7 Å². The Balaban J connectivity index is 1.02. The molecule has 8 nitrogen and oxygen atoms in total. The molecule has 0 aliphatic heterocycles. The van der Waals surface area contributed by atoms with Crippen molar-refractivity contribution in [2.45, 2.75) is 36.6 Å². The zero-order valence-electron chi connectivity index (χ0n) is 20.6. The number of aromatic nitrogens is 3. The third kappa shape index (κ3) is 5.33. The van der Waals surface area contributed by atoms with Crippen molar-refractivity contribution in [1.82, 2.24) is 19.8 Å². The molecular weight excluding hydrogens is 518 g/mol. The standard InChI is InChI=1S/C28H27N5O3S2/c34-38(35,26-10-4-8-21-9-5-15-29-27(21)26)30-17-19-11-13-22(14-12-19)31-28-32-24(18-37-28)25-16-23(33-36-25)20-6-2-1-3-7-20/h1-10,15-16,18-19,22,30H,11-14,17H2,(H,31,32). The van der Waals surface area contributed by atoms with E-state index in [9.17, 15) is 8.42 Å². The number of sulfonamides is 1. The van der Waals surface area contributed by atoms with E-state index in [1.807, 2.05) is 53.9 Å². The number of hydrogen-bond acceptors (Lipinski definition) is 8. The largest absolute Gasteiger partial charge is 0.359 e. The van der Waals surface area contributed by atoms with Gasteiger partial charge in [0.2, 0.25) is 10.0 Å². The quantitative estimate of drug-likeness (QED) is 0.247. The summed E-state index contributed by atoms with van der Waals surface area (Å²) in [6.07, 6.45) is 5.41. The molecule has 5 aromatic rings. The lowest BCUT2D eigenvalue weighted by Gasteiger charge is -2.29. The van der Waals surface area contributed by atoms with Crippen molar-refractivity contribution in [2.24, 2.45) is 5.92 Å². The molecule has 0 radical (unpaired) electrons. The molecule has 38 heavy (non-hydrogen) atoms. The molecule has 3 heterocycles. The summed E-state index contributed by atoms with van der Waals surface area (Å²) in [4.78, 5) is 9.22. The fraction of sp³-hybridized carbons (Fsp3) is 0.250. The SMILES string of the molecule is O=S(=O)(NCC1CCC(Nc2nc(-c3cc(-c4ccccc4)no3)cs2)CC1)c1cccc2cccnc12. The Kier molecular flexibility index (Phi) is 6.92. The van der Waals surface area contributed by atoms with Gasteiger partial charge in [0.1, 0.15) is 16.3 Å². The van der Waals surface area contributed by atoms with Crippen molar-refractivity contribution in [2.75, 3.05) is 11.9 Å². The second kappa shape index (κ2) is 10.6. The van der Waals surface area contributed by atoms with Gasteiger partial charge in [-0.1, -0.05) is 53.7 Å². The van der Waals surface area contributed by atoms with E-state index in [2.05, 4.69) is 20.2 Å². The Morgan fingerprint density at radius 3 is 2.61 bits per heavy atom. The predicted octanol–water partition coefficient (Wildman–Crippen LogP) is 5.96. The van der Waals surface area contributed by atoms with Crippen LogP contribution < -0.4 is 10.0 Å². The third-order valence-corrected chi connectivity index (χ3v) is 9.19. The zero-order valence-corrected chi connectivity index (χ0v) is 22.2. The van der Waals surface area contributed by atoms with Crippen molar-refractivity contribution in [3.63, 3.8) is 0 Å². The molecule has 1 aliphatic rings. The fourth-order valence-corrected chi connectivity index (χ4v) is 6.95. The lowest BCUT2D eigenvalue weighted by atomic mass is 9.86. The number of nitrogens with one attached hydrogen (secondary N) is 2. The highest BCUT2D eigenvalue weighted by atomic mass is 32.2. The van der Waals surface area contributed by atoms with Gasteiger partial charge >= 0.3 is 0 Å². The Labute approximate surface area is 225 Å². The summed E-state index contributed by atoms with van der Waals surface area (Å²) in [6.45, 7) is 0.426. The minimum Gasteiger partial charge on any atom is -0.359 e. The highest BCUT2D eigenvalue weighted by Crippen LogP contribution is 2.31. The van der Waals surface area contributed by atoms with Crippen LogP contribution in [0.15, 0.2) is 87.7 Å². The summed E-state index contributed by atoms with van der Waals surface area (Å²) in [6, 6.07) is 21.0. The first-order chi connectivity index (χ1) is 18.5. The van der Waals surface area contributed by atoms with Gasteiger partial charge in [0, 0.05) is 41.2 Å². The minimum absolute atomic E-state index is 0.230. The maximum atomic E-state index is 13.0. The van der Waals surface area contributed by atoms with Gasteiger partial charge in [-0.15, -0.1) is 11.3 Å². The number of benzene rings is 2. The third-order valence-electron chi connectivity index (χ3n) is 6.96. The maximum absolute atomic E-state index is 13.0. The number of fused-ring (bicyclic) bond motifs is 1. The van der Waals surface area contributed by atoms with Crippen LogP contribution in [0.25, 0.3) is 33.6 Å². The number of hydrogen-bond donors (Lipinski definition) is 2. The number of pyridine rings is 1. The van der Waals surface area contributed by atoms with Gasteiger partial charge in [-0.25, -0.2) is 18.1 Å². The van der Waals surface area contributed by atoms with Crippen LogP contribution >= 0.6 is 11.3 Å². The van der Waals surface area contributed by atoms with Crippen molar-refractivity contribution in [1.29, 1.82) is 0 Å². The van der Waals surface area contributed by atoms with Crippen LogP contribution in [-0.2, 0) is 10.0 Å². The first-order valence-corrected chi connectivity index (χ1v) is 15.0. The smallest absolute Gasteiger partial charge is 0.242 e. The highest BCUT2D eigenvalue weighted by Gasteiger charge is 2.25. The topological polar surface area (TPSA) is 110 Å². The number of nitrogens with zero attached hydrogens (tertiary/aromatic N) is 3. The Morgan fingerprint density at radius 1 is 0.947 bits per heavy atom. The molecule has 0 spiro atoms. The molecule has 1 aliphatic carbocycles. The van der Waals surface area contributed by atoms with E-state index in [4.69, 9.17) is 9.51 Å². The highest BCUT2D eigenvalue weighted by molar-refractivity contribution is 7.89. The molecule has 0 amide bonds. The molecule has 0 saturated heterocycles. The average Bonchev–Trinajstić information content (AvgIpc) is 3.63. The fourth-order valence-electron chi connectivity index (χ4n) is 4.88. The molecule has 2 N–H and O–H groups in total. The van der Waals surface area contributed by atoms with Gasteiger partial charge in [0.15, 0.2) is 10.9 Å². The summed E-state index contributed by atoms with van der Waals surface area (Å²) in [5, 5.41) is 11.4. The molecule has 10 heteroatoms. The summed E-state index contributed by atoms with van der Waals surface area (Å²) in [5.74, 6) is 0.939. The Hall–Kier alpha value is -3.60. The van der Waals surface area contributed by atoms with E-state index in [0.29, 0.717) is 29.8 Å². The molecule has 194 valence electrons. The summed E-state index contributed by atoms with van der Waals surface area (Å²) in [5.41, 5.74) is 3.05. The van der Waals surface area contributed by atoms with Crippen molar-refractivity contribution >= 4 is 37.4 Å². The molecule has 0 unspecified atom stereocenters. The molecule has 6 rings (SSSR count). The van der Waals surface area contributed by atoms with Gasteiger partial charge in [-0.05, 0) is 43.7 Å².